The average Bonchev–Trinajstić information content (AvgIpc) is 2.45. The van der Waals surface area contributed by atoms with Crippen molar-refractivity contribution in [2.24, 2.45) is 0 Å². The first-order valence-electron chi connectivity index (χ1n) is 5.91. The zero-order valence-corrected chi connectivity index (χ0v) is 10.4. The number of allylic oxidation sites excluding steroid dienone is 1. The first-order chi connectivity index (χ1) is 9.47. The molecule has 0 saturated heterocycles. The summed E-state index contributed by atoms with van der Waals surface area (Å²) in [6.45, 7) is 0. The van der Waals surface area contributed by atoms with Crippen LogP contribution in [0.2, 0.25) is 0 Å². The number of carbonyl (C=O) groups excluding carboxylic acids is 1. The molecule has 0 radical (unpaired) electrons. The van der Waals surface area contributed by atoms with Gasteiger partial charge in [0.2, 0.25) is 0 Å². The van der Waals surface area contributed by atoms with E-state index in [-0.39, 0.29) is 5.56 Å². The molecule has 0 amide bonds. The molecule has 2 rings (SSSR count). The Labute approximate surface area is 114 Å². The number of hydrogen-bond donors (Lipinski definition) is 0. The van der Waals surface area contributed by atoms with Gasteiger partial charge in [-0.25, -0.2) is 0 Å². The molecular formula is C16H11F3O. The highest BCUT2D eigenvalue weighted by atomic mass is 19.4. The molecule has 20 heavy (non-hydrogen) atoms. The molecule has 0 saturated carbocycles. The lowest BCUT2D eigenvalue weighted by atomic mass is 10.1. The minimum atomic E-state index is -4.45. The van der Waals surface area contributed by atoms with Crippen molar-refractivity contribution >= 4 is 11.9 Å². The lowest BCUT2D eigenvalue weighted by Crippen LogP contribution is -2.06. The van der Waals surface area contributed by atoms with E-state index in [0.29, 0.717) is 0 Å². The van der Waals surface area contributed by atoms with Crippen molar-refractivity contribution in [1.29, 1.82) is 0 Å². The van der Waals surface area contributed by atoms with Crippen LogP contribution in [0.5, 0.6) is 0 Å². The van der Waals surface area contributed by atoms with E-state index >= 15 is 0 Å². The van der Waals surface area contributed by atoms with E-state index in [2.05, 4.69) is 0 Å². The van der Waals surface area contributed by atoms with Gasteiger partial charge in [0.1, 0.15) is 0 Å². The Morgan fingerprint density at radius 2 is 1.65 bits per heavy atom. The number of benzene rings is 2. The molecule has 0 aliphatic heterocycles. The second kappa shape index (κ2) is 5.74. The molecule has 0 atom stereocenters. The van der Waals surface area contributed by atoms with E-state index in [1.807, 2.05) is 18.2 Å². The predicted molar refractivity (Wildman–Crippen MR) is 71.3 cm³/mol. The second-order valence-electron chi connectivity index (χ2n) is 4.19. The van der Waals surface area contributed by atoms with Crippen LogP contribution in [0.3, 0.4) is 0 Å². The van der Waals surface area contributed by atoms with Gasteiger partial charge in [-0.05, 0) is 23.8 Å². The second-order valence-corrected chi connectivity index (χ2v) is 4.19. The molecule has 0 bridgehead atoms. The third-order valence-electron chi connectivity index (χ3n) is 2.70. The number of rotatable bonds is 3. The molecule has 2 aromatic carbocycles. The Morgan fingerprint density at radius 3 is 2.30 bits per heavy atom. The van der Waals surface area contributed by atoms with Crippen LogP contribution in [-0.4, -0.2) is 5.78 Å². The molecule has 0 aliphatic carbocycles. The summed E-state index contributed by atoms with van der Waals surface area (Å²) >= 11 is 0. The number of halogens is 3. The molecule has 0 fully saturated rings. The molecule has 0 heterocycles. The van der Waals surface area contributed by atoms with Gasteiger partial charge in [0.25, 0.3) is 0 Å². The lowest BCUT2D eigenvalue weighted by molar-refractivity contribution is -0.137. The van der Waals surface area contributed by atoms with Crippen LogP contribution in [-0.2, 0) is 6.18 Å². The van der Waals surface area contributed by atoms with Crippen molar-refractivity contribution in [3.05, 3.63) is 77.4 Å². The van der Waals surface area contributed by atoms with Gasteiger partial charge in [0, 0.05) is 5.56 Å². The van der Waals surface area contributed by atoms with Crippen molar-refractivity contribution < 1.29 is 18.0 Å². The summed E-state index contributed by atoms with van der Waals surface area (Å²) in [4.78, 5) is 11.8. The number of carbonyl (C=O) groups is 1. The quantitative estimate of drug-likeness (QED) is 0.591. The Bertz CT molecular complexity index is 628. The van der Waals surface area contributed by atoms with Crippen LogP contribution in [0.1, 0.15) is 21.5 Å². The van der Waals surface area contributed by atoms with Crippen LogP contribution in [0.25, 0.3) is 6.08 Å². The molecule has 0 aromatic heterocycles. The maximum absolute atomic E-state index is 12.6. The molecule has 102 valence electrons. The van der Waals surface area contributed by atoms with Crippen molar-refractivity contribution in [3.8, 4) is 0 Å². The molecule has 2 aromatic rings. The van der Waals surface area contributed by atoms with Gasteiger partial charge >= 0.3 is 6.18 Å². The predicted octanol–water partition coefficient (Wildman–Crippen LogP) is 4.60. The third kappa shape index (κ3) is 3.57. The lowest BCUT2D eigenvalue weighted by Gasteiger charge is -2.07. The summed E-state index contributed by atoms with van der Waals surface area (Å²) in [5, 5.41) is 0. The molecule has 1 nitrogen and oxygen atoms in total. The number of alkyl halides is 3. The fourth-order valence-electron chi connectivity index (χ4n) is 1.68. The van der Waals surface area contributed by atoms with Crippen molar-refractivity contribution in [1.82, 2.24) is 0 Å². The molecule has 0 aliphatic rings. The first kappa shape index (κ1) is 14.1. The van der Waals surface area contributed by atoms with Crippen LogP contribution in [0, 0.1) is 0 Å². The normalized spacial score (nSPS) is 11.8. The maximum atomic E-state index is 12.6. The van der Waals surface area contributed by atoms with Crippen molar-refractivity contribution in [2.75, 3.05) is 0 Å². The maximum Gasteiger partial charge on any atom is 0.416 e. The minimum absolute atomic E-state index is 0.0204. The van der Waals surface area contributed by atoms with E-state index in [1.165, 1.54) is 18.2 Å². The fraction of sp³-hybridized carbons (Fsp3) is 0.0625. The van der Waals surface area contributed by atoms with E-state index in [1.54, 1.807) is 18.2 Å². The molecule has 0 unspecified atom stereocenters. The van der Waals surface area contributed by atoms with Gasteiger partial charge in [-0.15, -0.1) is 0 Å². The van der Waals surface area contributed by atoms with Crippen LogP contribution < -0.4 is 0 Å². The Kier molecular flexibility index (Phi) is 4.03. The first-order valence-corrected chi connectivity index (χ1v) is 5.91. The zero-order chi connectivity index (χ0) is 14.6. The highest BCUT2D eigenvalue weighted by Gasteiger charge is 2.30. The summed E-state index contributed by atoms with van der Waals surface area (Å²) in [5.74, 6) is -0.458. The Balaban J connectivity index is 2.20. The topological polar surface area (TPSA) is 17.1 Å². The summed E-state index contributed by atoms with van der Waals surface area (Å²) < 4.78 is 37.7. The molecule has 0 spiro atoms. The van der Waals surface area contributed by atoms with Crippen molar-refractivity contribution in [3.63, 3.8) is 0 Å². The molecular weight excluding hydrogens is 265 g/mol. The van der Waals surface area contributed by atoms with E-state index in [4.69, 9.17) is 0 Å². The minimum Gasteiger partial charge on any atom is -0.289 e. The zero-order valence-electron chi connectivity index (χ0n) is 10.4. The Morgan fingerprint density at radius 1 is 0.950 bits per heavy atom. The summed E-state index contributed by atoms with van der Waals surface area (Å²) in [5.41, 5.74) is 0.0105. The molecule has 4 heteroatoms. The van der Waals surface area contributed by atoms with Gasteiger partial charge in [0.15, 0.2) is 5.78 Å². The van der Waals surface area contributed by atoms with E-state index in [9.17, 15) is 18.0 Å². The average molecular weight is 276 g/mol. The van der Waals surface area contributed by atoms with Gasteiger partial charge in [-0.2, -0.15) is 13.2 Å². The van der Waals surface area contributed by atoms with Gasteiger partial charge < -0.3 is 0 Å². The fourth-order valence-corrected chi connectivity index (χ4v) is 1.68. The number of ketones is 1. The van der Waals surface area contributed by atoms with E-state index < -0.39 is 17.5 Å². The van der Waals surface area contributed by atoms with Crippen molar-refractivity contribution in [2.45, 2.75) is 6.18 Å². The highest BCUT2D eigenvalue weighted by molar-refractivity contribution is 6.06. The summed E-state index contributed by atoms with van der Waals surface area (Å²) in [6.07, 6.45) is -1.60. The van der Waals surface area contributed by atoms with Gasteiger partial charge in [-0.3, -0.25) is 4.79 Å². The Hall–Kier alpha value is -2.36. The molecule has 0 N–H and O–H groups in total. The van der Waals surface area contributed by atoms with Gasteiger partial charge in [-0.1, -0.05) is 48.5 Å². The third-order valence-corrected chi connectivity index (χ3v) is 2.70. The smallest absolute Gasteiger partial charge is 0.289 e. The standard InChI is InChI=1S/C16H11F3O/c17-16(18,19)14-8-4-7-13(11-14)15(20)10-9-12-5-2-1-3-6-12/h1-11H. The van der Waals surface area contributed by atoms with E-state index in [0.717, 1.165) is 17.7 Å². The van der Waals surface area contributed by atoms with Crippen LogP contribution in [0.15, 0.2) is 60.7 Å². The van der Waals surface area contributed by atoms with Crippen LogP contribution in [0.4, 0.5) is 13.2 Å². The monoisotopic (exact) mass is 276 g/mol. The van der Waals surface area contributed by atoms with Gasteiger partial charge in [0.05, 0.1) is 5.56 Å². The summed E-state index contributed by atoms with van der Waals surface area (Å²) in [7, 11) is 0. The van der Waals surface area contributed by atoms with Crippen LogP contribution >= 0.6 is 0 Å². The highest BCUT2D eigenvalue weighted by Crippen LogP contribution is 2.29. The summed E-state index contributed by atoms with van der Waals surface area (Å²) in [6, 6.07) is 13.5. The largest absolute Gasteiger partial charge is 0.416 e. The SMILES string of the molecule is O=C(C=Cc1ccccc1)c1cccc(C(F)(F)F)c1. The number of hydrogen-bond acceptors (Lipinski definition) is 1.